The molecule has 0 aliphatic carbocycles. The maximum absolute atomic E-state index is 8.72. The van der Waals surface area contributed by atoms with Gasteiger partial charge in [-0.3, -0.25) is 4.98 Å². The lowest BCUT2D eigenvalue weighted by Gasteiger charge is -2.08. The zero-order chi connectivity index (χ0) is 12.1. The van der Waals surface area contributed by atoms with Gasteiger partial charge >= 0.3 is 0 Å². The summed E-state index contributed by atoms with van der Waals surface area (Å²) < 4.78 is 0. The van der Waals surface area contributed by atoms with Crippen LogP contribution < -0.4 is 5.32 Å². The van der Waals surface area contributed by atoms with Crippen LogP contribution in [-0.2, 0) is 6.54 Å². The molecular weight excluding hydrogens is 234 g/mol. The topological polar surface area (TPSA) is 48.7 Å². The molecule has 1 N–H and O–H groups in total. The Morgan fingerprint density at radius 3 is 2.65 bits per heavy atom. The molecular formula is C13H10ClN3. The predicted molar refractivity (Wildman–Crippen MR) is 67.7 cm³/mol. The van der Waals surface area contributed by atoms with E-state index in [0.29, 0.717) is 17.1 Å². The molecule has 1 aromatic heterocycles. The van der Waals surface area contributed by atoms with Gasteiger partial charge in [-0.05, 0) is 35.9 Å². The van der Waals surface area contributed by atoms with Gasteiger partial charge in [0.2, 0.25) is 0 Å². The summed E-state index contributed by atoms with van der Waals surface area (Å²) in [6.45, 7) is 0.675. The van der Waals surface area contributed by atoms with Gasteiger partial charge in [-0.25, -0.2) is 0 Å². The molecule has 0 bridgehead atoms. The Balaban J connectivity index is 2.08. The number of pyridine rings is 1. The molecule has 0 radical (unpaired) electrons. The van der Waals surface area contributed by atoms with Gasteiger partial charge in [0.25, 0.3) is 0 Å². The van der Waals surface area contributed by atoms with Gasteiger partial charge in [0.05, 0.1) is 22.3 Å². The highest BCUT2D eigenvalue weighted by molar-refractivity contribution is 6.33. The second kappa shape index (κ2) is 5.33. The number of halogens is 1. The summed E-state index contributed by atoms with van der Waals surface area (Å²) in [4.78, 5) is 3.95. The van der Waals surface area contributed by atoms with E-state index in [2.05, 4.69) is 10.3 Å². The minimum atomic E-state index is 0.554. The van der Waals surface area contributed by atoms with Gasteiger partial charge in [-0.1, -0.05) is 11.6 Å². The smallest absolute Gasteiger partial charge is 0.0992 e. The molecule has 84 valence electrons. The zero-order valence-corrected chi connectivity index (χ0v) is 9.78. The van der Waals surface area contributed by atoms with Gasteiger partial charge in [0.1, 0.15) is 0 Å². The molecule has 17 heavy (non-hydrogen) atoms. The van der Waals surface area contributed by atoms with Crippen LogP contribution in [0.3, 0.4) is 0 Å². The highest BCUT2D eigenvalue weighted by Crippen LogP contribution is 2.23. The van der Waals surface area contributed by atoms with Gasteiger partial charge in [-0.15, -0.1) is 0 Å². The lowest BCUT2D eigenvalue weighted by molar-refractivity contribution is 1.13. The molecule has 4 heteroatoms. The van der Waals surface area contributed by atoms with E-state index < -0.39 is 0 Å². The van der Waals surface area contributed by atoms with Crippen LogP contribution in [0.2, 0.25) is 5.02 Å². The standard InChI is InChI=1S/C13H10ClN3/c14-12-7-11(8-15)1-2-13(12)17-9-10-3-5-16-6-4-10/h1-7,17H,9H2. The van der Waals surface area contributed by atoms with E-state index in [1.54, 1.807) is 24.5 Å². The lowest BCUT2D eigenvalue weighted by Crippen LogP contribution is -2.00. The summed E-state index contributed by atoms with van der Waals surface area (Å²) in [6.07, 6.45) is 3.49. The predicted octanol–water partition coefficient (Wildman–Crippen LogP) is 3.22. The number of aromatic nitrogens is 1. The first-order valence-corrected chi connectivity index (χ1v) is 5.50. The number of rotatable bonds is 3. The van der Waals surface area contributed by atoms with Crippen molar-refractivity contribution in [3.05, 3.63) is 58.9 Å². The molecule has 0 saturated heterocycles. The van der Waals surface area contributed by atoms with E-state index in [1.807, 2.05) is 24.3 Å². The summed E-state index contributed by atoms with van der Waals surface area (Å²) in [5.74, 6) is 0. The monoisotopic (exact) mass is 243 g/mol. The Bertz CT molecular complexity index is 546. The third-order valence-corrected chi connectivity index (χ3v) is 2.64. The minimum Gasteiger partial charge on any atom is -0.380 e. The molecule has 1 heterocycles. The van der Waals surface area contributed by atoms with Crippen molar-refractivity contribution in [2.75, 3.05) is 5.32 Å². The molecule has 0 fully saturated rings. The van der Waals surface area contributed by atoms with Crippen LogP contribution in [0.25, 0.3) is 0 Å². The number of nitrogens with one attached hydrogen (secondary N) is 1. The molecule has 0 spiro atoms. The van der Waals surface area contributed by atoms with E-state index in [9.17, 15) is 0 Å². The summed E-state index contributed by atoms with van der Waals surface area (Å²) in [6, 6.07) is 11.1. The number of anilines is 1. The second-order valence-electron chi connectivity index (χ2n) is 3.52. The van der Waals surface area contributed by atoms with E-state index in [1.165, 1.54) is 0 Å². The first kappa shape index (κ1) is 11.4. The Kier molecular flexibility index (Phi) is 3.59. The molecule has 0 aliphatic heterocycles. The van der Waals surface area contributed by atoms with Gasteiger partial charge in [0.15, 0.2) is 0 Å². The van der Waals surface area contributed by atoms with Crippen molar-refractivity contribution in [2.45, 2.75) is 6.54 Å². The van der Waals surface area contributed by atoms with E-state index in [-0.39, 0.29) is 0 Å². The van der Waals surface area contributed by atoms with Gasteiger partial charge in [0, 0.05) is 18.9 Å². The first-order valence-electron chi connectivity index (χ1n) is 5.12. The van der Waals surface area contributed by atoms with Gasteiger partial charge in [-0.2, -0.15) is 5.26 Å². The van der Waals surface area contributed by atoms with Crippen molar-refractivity contribution in [3.8, 4) is 6.07 Å². The third kappa shape index (κ3) is 2.96. The van der Waals surface area contributed by atoms with E-state index >= 15 is 0 Å². The minimum absolute atomic E-state index is 0.554. The number of benzene rings is 1. The Morgan fingerprint density at radius 1 is 1.24 bits per heavy atom. The van der Waals surface area contributed by atoms with Crippen LogP contribution in [-0.4, -0.2) is 4.98 Å². The molecule has 0 aliphatic rings. The van der Waals surface area contributed by atoms with Crippen molar-refractivity contribution in [1.82, 2.24) is 4.98 Å². The molecule has 2 rings (SSSR count). The Labute approximate surface area is 105 Å². The number of hydrogen-bond donors (Lipinski definition) is 1. The van der Waals surface area contributed by atoms with Crippen molar-refractivity contribution in [1.29, 1.82) is 5.26 Å². The van der Waals surface area contributed by atoms with Crippen molar-refractivity contribution < 1.29 is 0 Å². The average molecular weight is 244 g/mol. The summed E-state index contributed by atoms with van der Waals surface area (Å²) in [7, 11) is 0. The summed E-state index contributed by atoms with van der Waals surface area (Å²) in [5, 5.41) is 12.5. The Hall–Kier alpha value is -2.05. The number of nitrogens with zero attached hydrogens (tertiary/aromatic N) is 2. The first-order chi connectivity index (χ1) is 8.29. The molecule has 0 atom stereocenters. The van der Waals surface area contributed by atoms with Gasteiger partial charge < -0.3 is 5.32 Å². The summed E-state index contributed by atoms with van der Waals surface area (Å²) >= 11 is 6.05. The lowest BCUT2D eigenvalue weighted by atomic mass is 10.2. The van der Waals surface area contributed by atoms with Crippen LogP contribution in [0.1, 0.15) is 11.1 Å². The third-order valence-electron chi connectivity index (χ3n) is 2.33. The fraction of sp³-hybridized carbons (Fsp3) is 0.0769. The quantitative estimate of drug-likeness (QED) is 0.901. The maximum Gasteiger partial charge on any atom is 0.0992 e. The SMILES string of the molecule is N#Cc1ccc(NCc2ccncc2)c(Cl)c1. The second-order valence-corrected chi connectivity index (χ2v) is 3.92. The van der Waals surface area contributed by atoms with Crippen molar-refractivity contribution in [2.24, 2.45) is 0 Å². The highest BCUT2D eigenvalue weighted by atomic mass is 35.5. The zero-order valence-electron chi connectivity index (χ0n) is 9.02. The van der Waals surface area contributed by atoms with Crippen molar-refractivity contribution in [3.63, 3.8) is 0 Å². The largest absolute Gasteiger partial charge is 0.380 e. The summed E-state index contributed by atoms with van der Waals surface area (Å²) in [5.41, 5.74) is 2.51. The van der Waals surface area contributed by atoms with Crippen LogP contribution in [0, 0.1) is 11.3 Å². The van der Waals surface area contributed by atoms with E-state index in [0.717, 1.165) is 11.3 Å². The Morgan fingerprint density at radius 2 is 2.00 bits per heavy atom. The number of nitriles is 1. The van der Waals surface area contributed by atoms with Crippen LogP contribution in [0.4, 0.5) is 5.69 Å². The van der Waals surface area contributed by atoms with E-state index in [4.69, 9.17) is 16.9 Å². The van der Waals surface area contributed by atoms with Crippen LogP contribution in [0.15, 0.2) is 42.7 Å². The molecule has 1 aromatic carbocycles. The normalized spacial score (nSPS) is 9.65. The molecule has 0 unspecified atom stereocenters. The van der Waals surface area contributed by atoms with Crippen molar-refractivity contribution >= 4 is 17.3 Å². The average Bonchev–Trinajstić information content (AvgIpc) is 2.38. The fourth-order valence-electron chi connectivity index (χ4n) is 1.43. The molecule has 0 saturated carbocycles. The number of hydrogen-bond acceptors (Lipinski definition) is 3. The highest BCUT2D eigenvalue weighted by Gasteiger charge is 2.01. The molecule has 2 aromatic rings. The van der Waals surface area contributed by atoms with Crippen LogP contribution in [0.5, 0.6) is 0 Å². The maximum atomic E-state index is 8.72. The molecule has 0 amide bonds. The molecule has 3 nitrogen and oxygen atoms in total. The van der Waals surface area contributed by atoms with Crippen LogP contribution >= 0.6 is 11.6 Å². The fourth-order valence-corrected chi connectivity index (χ4v) is 1.67.